The largest absolute Gasteiger partial charge is 0.353 e. The highest BCUT2D eigenvalue weighted by Crippen LogP contribution is 1.76. The molecule has 0 bridgehead atoms. The van der Waals surface area contributed by atoms with Crippen LogP contribution in [-0.4, -0.2) is 44.0 Å². The second-order valence-electron chi connectivity index (χ2n) is 2.11. The van der Waals surface area contributed by atoms with Crippen LogP contribution in [0.15, 0.2) is 0 Å². The Kier molecular flexibility index (Phi) is 3.19. The smallest absolute Gasteiger partial charge is 0.0825 e. The van der Waals surface area contributed by atoms with Gasteiger partial charge in [0.2, 0.25) is 0 Å². The van der Waals surface area contributed by atoms with Crippen molar-refractivity contribution >= 4 is 6.34 Å². The number of nitrogens with zero attached hydrogens (tertiary/aromatic N) is 2. The van der Waals surface area contributed by atoms with Crippen LogP contribution in [-0.2, 0) is 0 Å². The second kappa shape index (κ2) is 3.43. The van der Waals surface area contributed by atoms with Gasteiger partial charge in [-0.3, -0.25) is 10.3 Å². The molecule has 0 aromatic carbocycles. The lowest BCUT2D eigenvalue weighted by Gasteiger charge is -2.16. The molecule has 0 heterocycles. The summed E-state index contributed by atoms with van der Waals surface area (Å²) in [6.45, 7) is 0.809. The van der Waals surface area contributed by atoms with Crippen molar-refractivity contribution in [3.63, 3.8) is 0 Å². The van der Waals surface area contributed by atoms with Crippen LogP contribution >= 0.6 is 0 Å². The maximum absolute atomic E-state index is 6.78. The molecule has 0 unspecified atom stereocenters. The molecule has 0 spiro atoms. The molecule has 0 aliphatic carbocycles. The van der Waals surface area contributed by atoms with Crippen LogP contribution in [0.2, 0.25) is 0 Å². The lowest BCUT2D eigenvalue weighted by Crippen LogP contribution is -2.28. The van der Waals surface area contributed by atoms with Gasteiger partial charge in [-0.05, 0) is 14.1 Å². The molecule has 0 aliphatic rings. The van der Waals surface area contributed by atoms with Crippen molar-refractivity contribution in [2.45, 2.75) is 0 Å². The standard InChI is InChI=1S/C5H13N3/c1-7(2)5-8(3)4-6/h4,6H,5H2,1-3H3. The normalized spacial score (nSPS) is 9.50. The summed E-state index contributed by atoms with van der Waals surface area (Å²) < 4.78 is 0. The highest BCUT2D eigenvalue weighted by Gasteiger charge is 1.89. The van der Waals surface area contributed by atoms with Crippen molar-refractivity contribution in [1.82, 2.24) is 9.80 Å². The van der Waals surface area contributed by atoms with E-state index in [1.54, 1.807) is 4.90 Å². The van der Waals surface area contributed by atoms with Crippen LogP contribution in [0, 0.1) is 5.41 Å². The Hall–Kier alpha value is -0.570. The number of nitrogens with one attached hydrogen (secondary N) is 1. The van der Waals surface area contributed by atoms with Gasteiger partial charge in [-0.25, -0.2) is 0 Å². The summed E-state index contributed by atoms with van der Waals surface area (Å²) in [4.78, 5) is 3.80. The van der Waals surface area contributed by atoms with Gasteiger partial charge in [0.15, 0.2) is 0 Å². The second-order valence-corrected chi connectivity index (χ2v) is 2.11. The Morgan fingerprint density at radius 1 is 1.38 bits per heavy atom. The van der Waals surface area contributed by atoms with E-state index in [-0.39, 0.29) is 0 Å². The molecule has 0 radical (unpaired) electrons. The highest BCUT2D eigenvalue weighted by atomic mass is 15.3. The van der Waals surface area contributed by atoms with Gasteiger partial charge in [-0.1, -0.05) is 0 Å². The summed E-state index contributed by atoms with van der Waals surface area (Å²) in [5.41, 5.74) is 0. The first-order chi connectivity index (χ1) is 3.66. The zero-order valence-corrected chi connectivity index (χ0v) is 5.68. The minimum atomic E-state index is 0.809. The quantitative estimate of drug-likeness (QED) is 0.320. The fraction of sp³-hybridized carbons (Fsp3) is 0.800. The van der Waals surface area contributed by atoms with E-state index in [0.29, 0.717) is 0 Å². The van der Waals surface area contributed by atoms with Gasteiger partial charge in [-0.2, -0.15) is 0 Å². The molecule has 48 valence electrons. The summed E-state index contributed by atoms with van der Waals surface area (Å²) in [5.74, 6) is 0. The molecule has 3 heteroatoms. The minimum Gasteiger partial charge on any atom is -0.353 e. The fourth-order valence-electron chi connectivity index (χ4n) is 0.487. The van der Waals surface area contributed by atoms with Crippen LogP contribution in [0.5, 0.6) is 0 Å². The molecule has 0 saturated carbocycles. The average Bonchev–Trinajstić information content (AvgIpc) is 1.65. The molecule has 0 aromatic heterocycles. The van der Waals surface area contributed by atoms with Gasteiger partial charge in [0.25, 0.3) is 0 Å². The molecule has 0 aliphatic heterocycles. The highest BCUT2D eigenvalue weighted by molar-refractivity contribution is 5.49. The third-order valence-corrected chi connectivity index (χ3v) is 0.726. The summed E-state index contributed by atoms with van der Waals surface area (Å²) in [7, 11) is 5.81. The third-order valence-electron chi connectivity index (χ3n) is 0.726. The summed E-state index contributed by atoms with van der Waals surface area (Å²) in [6.07, 6.45) is 1.31. The number of hydrogen-bond donors (Lipinski definition) is 1. The van der Waals surface area contributed by atoms with Gasteiger partial charge in [-0.15, -0.1) is 0 Å². The first-order valence-electron chi connectivity index (χ1n) is 2.52. The average molecular weight is 115 g/mol. The molecular weight excluding hydrogens is 102 g/mol. The lowest BCUT2D eigenvalue weighted by atomic mass is 10.8. The topological polar surface area (TPSA) is 30.3 Å². The molecule has 0 fully saturated rings. The zero-order chi connectivity index (χ0) is 6.57. The zero-order valence-electron chi connectivity index (χ0n) is 5.68. The van der Waals surface area contributed by atoms with Crippen LogP contribution < -0.4 is 0 Å². The molecule has 0 rings (SSSR count). The van der Waals surface area contributed by atoms with E-state index >= 15 is 0 Å². The fourth-order valence-corrected chi connectivity index (χ4v) is 0.487. The Morgan fingerprint density at radius 3 is 2.00 bits per heavy atom. The predicted molar refractivity (Wildman–Crippen MR) is 35.1 cm³/mol. The third kappa shape index (κ3) is 3.61. The number of rotatable bonds is 3. The molecule has 0 amide bonds. The van der Waals surface area contributed by atoms with Crippen molar-refractivity contribution in [1.29, 1.82) is 5.41 Å². The molecule has 0 saturated heterocycles. The summed E-state index contributed by atoms with van der Waals surface area (Å²) in [5, 5.41) is 6.78. The SMILES string of the molecule is CN(C)CN(C)C=N. The number of hydrogen-bond acceptors (Lipinski definition) is 2. The van der Waals surface area contributed by atoms with Crippen molar-refractivity contribution < 1.29 is 0 Å². The van der Waals surface area contributed by atoms with Crippen LogP contribution in [0.3, 0.4) is 0 Å². The van der Waals surface area contributed by atoms with Gasteiger partial charge in [0, 0.05) is 7.05 Å². The first-order valence-corrected chi connectivity index (χ1v) is 2.52. The van der Waals surface area contributed by atoms with Gasteiger partial charge in [0.1, 0.15) is 0 Å². The van der Waals surface area contributed by atoms with E-state index in [1.165, 1.54) is 6.34 Å². The monoisotopic (exact) mass is 115 g/mol. The maximum Gasteiger partial charge on any atom is 0.0825 e. The van der Waals surface area contributed by atoms with Gasteiger partial charge in [0.05, 0.1) is 13.0 Å². The molecule has 1 N–H and O–H groups in total. The van der Waals surface area contributed by atoms with E-state index in [4.69, 9.17) is 5.41 Å². The predicted octanol–water partition coefficient (Wildman–Crippen LogP) is 0.0444. The van der Waals surface area contributed by atoms with Crippen LogP contribution in [0.25, 0.3) is 0 Å². The molecule has 8 heavy (non-hydrogen) atoms. The van der Waals surface area contributed by atoms with Crippen LogP contribution in [0.1, 0.15) is 0 Å². The Bertz CT molecular complexity index is 70.1. The van der Waals surface area contributed by atoms with Crippen molar-refractivity contribution in [2.75, 3.05) is 27.8 Å². The maximum atomic E-state index is 6.78. The molecule has 0 aromatic rings. The summed E-state index contributed by atoms with van der Waals surface area (Å²) in [6, 6.07) is 0. The summed E-state index contributed by atoms with van der Waals surface area (Å²) >= 11 is 0. The van der Waals surface area contributed by atoms with E-state index in [2.05, 4.69) is 0 Å². The van der Waals surface area contributed by atoms with Gasteiger partial charge >= 0.3 is 0 Å². The van der Waals surface area contributed by atoms with Crippen LogP contribution in [0.4, 0.5) is 0 Å². The molecule has 3 nitrogen and oxygen atoms in total. The van der Waals surface area contributed by atoms with Gasteiger partial charge < -0.3 is 4.90 Å². The lowest BCUT2D eigenvalue weighted by molar-refractivity contribution is 0.293. The first kappa shape index (κ1) is 7.43. The van der Waals surface area contributed by atoms with E-state index in [1.807, 2.05) is 26.0 Å². The van der Waals surface area contributed by atoms with Crippen molar-refractivity contribution in [2.24, 2.45) is 0 Å². The molecular formula is C5H13N3. The van der Waals surface area contributed by atoms with E-state index in [0.717, 1.165) is 6.67 Å². The van der Waals surface area contributed by atoms with Crippen molar-refractivity contribution in [3.8, 4) is 0 Å². The Morgan fingerprint density at radius 2 is 1.88 bits per heavy atom. The van der Waals surface area contributed by atoms with E-state index < -0.39 is 0 Å². The van der Waals surface area contributed by atoms with E-state index in [9.17, 15) is 0 Å². The minimum absolute atomic E-state index is 0.809. The van der Waals surface area contributed by atoms with Crippen molar-refractivity contribution in [3.05, 3.63) is 0 Å². The molecule has 0 atom stereocenters. The Labute approximate surface area is 50.4 Å². The Balaban J connectivity index is 3.23.